The highest BCUT2D eigenvalue weighted by molar-refractivity contribution is 5.85. The van der Waals surface area contributed by atoms with Gasteiger partial charge in [-0.05, 0) is 37.0 Å². The minimum absolute atomic E-state index is 0. The highest BCUT2D eigenvalue weighted by Gasteiger charge is 2.17. The Morgan fingerprint density at radius 3 is 2.32 bits per heavy atom. The van der Waals surface area contributed by atoms with Gasteiger partial charge in [0.2, 0.25) is 0 Å². The van der Waals surface area contributed by atoms with Crippen LogP contribution >= 0.6 is 12.4 Å². The van der Waals surface area contributed by atoms with Crippen molar-refractivity contribution in [3.8, 4) is 0 Å². The molecule has 0 aliphatic carbocycles. The molecule has 0 aromatic heterocycles. The van der Waals surface area contributed by atoms with E-state index in [0.29, 0.717) is 0 Å². The average molecular weight is 285 g/mol. The van der Waals surface area contributed by atoms with Crippen molar-refractivity contribution in [2.24, 2.45) is 5.73 Å². The number of benzene rings is 1. The largest absolute Gasteiger partial charge is 0.391 e. The van der Waals surface area contributed by atoms with Crippen LogP contribution in [0.3, 0.4) is 0 Å². The topological polar surface area (TPSA) is 49.5 Å². The number of nitrogens with two attached hydrogens (primary N) is 1. The summed E-state index contributed by atoms with van der Waals surface area (Å²) < 4.78 is 0. The first-order valence-electron chi connectivity index (χ1n) is 7.01. The molecule has 0 bridgehead atoms. The number of nitrogens with zero attached hydrogens (tertiary/aromatic N) is 1. The molecular weight excluding hydrogens is 260 g/mol. The van der Waals surface area contributed by atoms with Crippen molar-refractivity contribution < 1.29 is 5.11 Å². The molecule has 0 saturated carbocycles. The smallest absolute Gasteiger partial charge is 0.0732 e. The predicted molar refractivity (Wildman–Crippen MR) is 83.0 cm³/mol. The van der Waals surface area contributed by atoms with Crippen LogP contribution in [0.2, 0.25) is 0 Å². The fourth-order valence-corrected chi connectivity index (χ4v) is 2.58. The Morgan fingerprint density at radius 2 is 1.79 bits per heavy atom. The van der Waals surface area contributed by atoms with Gasteiger partial charge in [-0.15, -0.1) is 12.4 Å². The van der Waals surface area contributed by atoms with E-state index in [2.05, 4.69) is 36.1 Å². The van der Waals surface area contributed by atoms with Gasteiger partial charge >= 0.3 is 0 Å². The summed E-state index contributed by atoms with van der Waals surface area (Å²) in [5, 5.41) is 9.92. The predicted octanol–water partition coefficient (Wildman–Crippen LogP) is 2.87. The molecule has 0 radical (unpaired) electrons. The van der Waals surface area contributed by atoms with Crippen molar-refractivity contribution in [3.05, 3.63) is 29.8 Å². The summed E-state index contributed by atoms with van der Waals surface area (Å²) in [6.07, 6.45) is 3.86. The summed E-state index contributed by atoms with van der Waals surface area (Å²) in [4.78, 5) is 2.40. The fraction of sp³-hybridized carbons (Fsp3) is 0.600. The van der Waals surface area contributed by atoms with Crippen molar-refractivity contribution in [1.82, 2.24) is 0 Å². The standard InChI is InChI=1S/C15H24N2O.ClH/c1-2-5-14(18)15(16)12-6-8-13(9-7-12)17-10-3-4-11-17;/h6-9,14-15,18H,2-5,10-11,16H2,1H3;1H/t14-,15+;/m0./s1. The quantitative estimate of drug-likeness (QED) is 0.874. The minimum atomic E-state index is -0.437. The lowest BCUT2D eigenvalue weighted by atomic mass is 9.99. The molecule has 1 aromatic carbocycles. The molecule has 4 heteroatoms. The Balaban J connectivity index is 0.00000180. The van der Waals surface area contributed by atoms with E-state index in [4.69, 9.17) is 5.73 Å². The molecule has 108 valence electrons. The van der Waals surface area contributed by atoms with E-state index in [1.807, 2.05) is 0 Å². The molecule has 1 aromatic rings. The van der Waals surface area contributed by atoms with Crippen LogP contribution in [0.5, 0.6) is 0 Å². The maximum absolute atomic E-state index is 9.92. The van der Waals surface area contributed by atoms with E-state index in [-0.39, 0.29) is 18.4 Å². The Morgan fingerprint density at radius 1 is 1.21 bits per heavy atom. The molecule has 1 heterocycles. The van der Waals surface area contributed by atoms with Gasteiger partial charge in [0.1, 0.15) is 0 Å². The van der Waals surface area contributed by atoms with Gasteiger partial charge < -0.3 is 15.7 Å². The molecule has 0 amide bonds. The third-order valence-corrected chi connectivity index (χ3v) is 3.75. The first kappa shape index (κ1) is 16.3. The fourth-order valence-electron chi connectivity index (χ4n) is 2.58. The van der Waals surface area contributed by atoms with E-state index >= 15 is 0 Å². The van der Waals surface area contributed by atoms with E-state index in [9.17, 15) is 5.11 Å². The van der Waals surface area contributed by atoms with Gasteiger partial charge in [-0.1, -0.05) is 25.5 Å². The summed E-state index contributed by atoms with van der Waals surface area (Å²) in [7, 11) is 0. The number of aliphatic hydroxyl groups is 1. The molecule has 1 saturated heterocycles. The van der Waals surface area contributed by atoms with Crippen LogP contribution in [-0.4, -0.2) is 24.3 Å². The third kappa shape index (κ3) is 4.10. The summed E-state index contributed by atoms with van der Waals surface area (Å²) in [5.74, 6) is 0. The van der Waals surface area contributed by atoms with Gasteiger partial charge in [-0.2, -0.15) is 0 Å². The van der Waals surface area contributed by atoms with E-state index < -0.39 is 6.10 Å². The van der Waals surface area contributed by atoms with Crippen molar-refractivity contribution >= 4 is 18.1 Å². The van der Waals surface area contributed by atoms with Crippen molar-refractivity contribution in [2.45, 2.75) is 44.8 Å². The van der Waals surface area contributed by atoms with E-state index in [1.165, 1.54) is 18.5 Å². The molecule has 3 N–H and O–H groups in total. The molecular formula is C15H25ClN2O. The number of rotatable bonds is 5. The van der Waals surface area contributed by atoms with Crippen LogP contribution in [0.15, 0.2) is 24.3 Å². The van der Waals surface area contributed by atoms with Crippen molar-refractivity contribution in [1.29, 1.82) is 0 Å². The number of aliphatic hydroxyl groups excluding tert-OH is 1. The van der Waals surface area contributed by atoms with E-state index in [1.54, 1.807) is 0 Å². The zero-order chi connectivity index (χ0) is 13.0. The molecule has 2 rings (SSSR count). The average Bonchev–Trinajstić information content (AvgIpc) is 2.92. The van der Waals surface area contributed by atoms with Crippen LogP contribution in [0.25, 0.3) is 0 Å². The second-order valence-corrected chi connectivity index (χ2v) is 5.17. The zero-order valence-electron chi connectivity index (χ0n) is 11.6. The Bertz CT molecular complexity index is 363. The molecule has 0 spiro atoms. The van der Waals surface area contributed by atoms with E-state index in [0.717, 1.165) is 31.5 Å². The second-order valence-electron chi connectivity index (χ2n) is 5.17. The lowest BCUT2D eigenvalue weighted by Crippen LogP contribution is -2.26. The normalized spacial score (nSPS) is 17.9. The number of hydrogen-bond donors (Lipinski definition) is 2. The monoisotopic (exact) mass is 284 g/mol. The van der Waals surface area contributed by atoms with Gasteiger partial charge in [-0.25, -0.2) is 0 Å². The summed E-state index contributed by atoms with van der Waals surface area (Å²) >= 11 is 0. The maximum atomic E-state index is 9.92. The van der Waals surface area contributed by atoms with Gasteiger partial charge in [0.15, 0.2) is 0 Å². The Kier molecular flexibility index (Phi) is 6.63. The molecule has 1 aliphatic heterocycles. The highest BCUT2D eigenvalue weighted by atomic mass is 35.5. The first-order valence-corrected chi connectivity index (χ1v) is 7.01. The van der Waals surface area contributed by atoms with Crippen LogP contribution in [0.4, 0.5) is 5.69 Å². The van der Waals surface area contributed by atoms with Gasteiger partial charge in [0, 0.05) is 18.8 Å². The summed E-state index contributed by atoms with van der Waals surface area (Å²) in [6, 6.07) is 8.09. The maximum Gasteiger partial charge on any atom is 0.0732 e. The van der Waals surface area contributed by atoms with Crippen LogP contribution in [0, 0.1) is 0 Å². The summed E-state index contributed by atoms with van der Waals surface area (Å²) in [5.41, 5.74) is 8.36. The molecule has 0 unspecified atom stereocenters. The number of anilines is 1. The van der Waals surface area contributed by atoms with Crippen LogP contribution in [0.1, 0.15) is 44.2 Å². The van der Waals surface area contributed by atoms with Gasteiger partial charge in [-0.3, -0.25) is 0 Å². The number of halogens is 1. The zero-order valence-corrected chi connectivity index (χ0v) is 12.4. The van der Waals surface area contributed by atoms with Crippen LogP contribution < -0.4 is 10.6 Å². The first-order chi connectivity index (χ1) is 8.72. The minimum Gasteiger partial charge on any atom is -0.391 e. The molecule has 3 nitrogen and oxygen atoms in total. The SMILES string of the molecule is CCC[C@H](O)[C@H](N)c1ccc(N2CCCC2)cc1.Cl. The van der Waals surface area contributed by atoms with Gasteiger partial charge in [0.25, 0.3) is 0 Å². The Hall–Kier alpha value is -0.770. The molecule has 2 atom stereocenters. The summed E-state index contributed by atoms with van der Waals surface area (Å²) in [6.45, 7) is 4.38. The molecule has 1 aliphatic rings. The molecule has 1 fully saturated rings. The van der Waals surface area contributed by atoms with Gasteiger partial charge in [0.05, 0.1) is 12.1 Å². The number of hydrogen-bond acceptors (Lipinski definition) is 3. The second kappa shape index (κ2) is 7.73. The third-order valence-electron chi connectivity index (χ3n) is 3.75. The van der Waals surface area contributed by atoms with Crippen LogP contribution in [-0.2, 0) is 0 Å². The van der Waals surface area contributed by atoms with Crippen molar-refractivity contribution in [3.63, 3.8) is 0 Å². The molecule has 19 heavy (non-hydrogen) atoms. The Labute approximate surface area is 122 Å². The lowest BCUT2D eigenvalue weighted by Gasteiger charge is -2.21. The van der Waals surface area contributed by atoms with Crippen molar-refractivity contribution in [2.75, 3.05) is 18.0 Å². The highest BCUT2D eigenvalue weighted by Crippen LogP contribution is 2.24. The lowest BCUT2D eigenvalue weighted by molar-refractivity contribution is 0.134.